The van der Waals surface area contributed by atoms with E-state index in [-0.39, 0.29) is 31.4 Å². The summed E-state index contributed by atoms with van der Waals surface area (Å²) in [4.78, 5) is 37.9. The topological polar surface area (TPSA) is 79.0 Å². The van der Waals surface area contributed by atoms with Crippen LogP contribution in [0.25, 0.3) is 0 Å². The third kappa shape index (κ3) is 3.58. The van der Waals surface area contributed by atoms with E-state index in [2.05, 4.69) is 10.1 Å². The monoisotopic (exact) mass is 371 g/mol. The van der Waals surface area contributed by atoms with Gasteiger partial charge in [-0.1, -0.05) is 12.1 Å². The maximum atomic E-state index is 13.0. The van der Waals surface area contributed by atoms with Crippen molar-refractivity contribution in [1.29, 1.82) is 0 Å². The lowest BCUT2D eigenvalue weighted by Gasteiger charge is -2.34. The number of urea groups is 1. The Morgan fingerprint density at radius 1 is 1.15 bits per heavy atom. The molecule has 2 aliphatic heterocycles. The molecule has 2 aliphatic rings. The van der Waals surface area contributed by atoms with E-state index in [1.165, 1.54) is 23.1 Å². The molecular formula is C16H16F3N3O4. The number of likely N-dealkylation sites (tertiary alicyclic amines) is 1. The molecule has 1 aromatic carbocycles. The highest BCUT2D eigenvalue weighted by atomic mass is 19.4. The Labute approximate surface area is 146 Å². The maximum Gasteiger partial charge on any atom is 0.418 e. The summed E-state index contributed by atoms with van der Waals surface area (Å²) in [5, 5.41) is 2.28. The number of ether oxygens (including phenoxy) is 1. The number of nitrogens with one attached hydrogen (secondary N) is 1. The van der Waals surface area contributed by atoms with Gasteiger partial charge < -0.3 is 15.0 Å². The van der Waals surface area contributed by atoms with Crippen molar-refractivity contribution < 1.29 is 32.3 Å². The number of hydrogen-bond donors (Lipinski definition) is 1. The minimum Gasteiger partial charge on any atom is -0.439 e. The van der Waals surface area contributed by atoms with Crippen LogP contribution in [0.15, 0.2) is 24.3 Å². The van der Waals surface area contributed by atoms with Crippen molar-refractivity contribution in [2.45, 2.75) is 25.1 Å². The molecule has 0 aromatic heterocycles. The van der Waals surface area contributed by atoms with Crippen LogP contribution in [-0.4, -0.2) is 53.6 Å². The van der Waals surface area contributed by atoms with Gasteiger partial charge in [0.05, 0.1) is 11.3 Å². The number of imide groups is 1. The van der Waals surface area contributed by atoms with Gasteiger partial charge in [0.1, 0.15) is 0 Å². The summed E-state index contributed by atoms with van der Waals surface area (Å²) in [6, 6.07) is 3.70. The molecule has 2 fully saturated rings. The van der Waals surface area contributed by atoms with Crippen LogP contribution in [0.3, 0.4) is 0 Å². The molecule has 0 radical (unpaired) electrons. The summed E-state index contributed by atoms with van der Waals surface area (Å²) in [6.45, 7) is 0.136. The second-order valence-electron chi connectivity index (χ2n) is 6.01. The summed E-state index contributed by atoms with van der Waals surface area (Å²) in [6.07, 6.45) is -4.59. The molecule has 3 rings (SSSR count). The van der Waals surface area contributed by atoms with Crippen LogP contribution in [0.2, 0.25) is 0 Å². The van der Waals surface area contributed by atoms with Gasteiger partial charge in [-0.3, -0.25) is 4.79 Å². The van der Waals surface area contributed by atoms with E-state index in [1.54, 1.807) is 0 Å². The molecule has 0 saturated carbocycles. The van der Waals surface area contributed by atoms with Crippen molar-refractivity contribution >= 4 is 23.7 Å². The van der Waals surface area contributed by atoms with Gasteiger partial charge in [-0.05, 0) is 25.0 Å². The molecule has 2 heterocycles. The van der Waals surface area contributed by atoms with Crippen LogP contribution in [0, 0.1) is 0 Å². The van der Waals surface area contributed by atoms with E-state index in [4.69, 9.17) is 0 Å². The van der Waals surface area contributed by atoms with Crippen molar-refractivity contribution in [2.75, 3.05) is 25.0 Å². The zero-order valence-corrected chi connectivity index (χ0v) is 13.6. The number of carbonyl (C=O) groups excluding carboxylic acids is 3. The number of nitrogens with zero attached hydrogens (tertiary/aromatic N) is 2. The van der Waals surface area contributed by atoms with E-state index < -0.39 is 29.8 Å². The third-order valence-corrected chi connectivity index (χ3v) is 4.38. The quantitative estimate of drug-likeness (QED) is 0.867. The van der Waals surface area contributed by atoms with E-state index in [0.717, 1.165) is 11.0 Å². The van der Waals surface area contributed by atoms with Crippen LogP contribution >= 0.6 is 0 Å². The average Bonchev–Trinajstić information content (AvgIpc) is 2.93. The Bertz CT molecular complexity index is 714. The van der Waals surface area contributed by atoms with Crippen LogP contribution < -0.4 is 5.32 Å². The molecule has 2 saturated heterocycles. The third-order valence-electron chi connectivity index (χ3n) is 4.38. The largest absolute Gasteiger partial charge is 0.439 e. The van der Waals surface area contributed by atoms with Crippen LogP contribution in [0.1, 0.15) is 18.4 Å². The molecule has 0 atom stereocenters. The predicted octanol–water partition coefficient (Wildman–Crippen LogP) is 2.68. The zero-order chi connectivity index (χ0) is 18.9. The molecule has 10 heteroatoms. The molecule has 4 amide bonds. The number of alkyl halides is 3. The Balaban J connectivity index is 1.61. The standard InChI is InChI=1S/C16H16F3N3O4/c17-16(18,19)11-3-1-2-4-12(11)20-14(24)21-7-5-10(6-8-21)22-13(23)9-26-15(22)25/h1-4,10H,5-9H2,(H,20,24). The second kappa shape index (κ2) is 6.85. The Morgan fingerprint density at radius 2 is 1.81 bits per heavy atom. The lowest BCUT2D eigenvalue weighted by molar-refractivity contribution is -0.137. The van der Waals surface area contributed by atoms with Crippen molar-refractivity contribution in [3.8, 4) is 0 Å². The number of piperidine rings is 1. The number of rotatable bonds is 2. The van der Waals surface area contributed by atoms with Crippen LogP contribution in [0.4, 0.5) is 28.4 Å². The SMILES string of the molecule is O=C(Nc1ccccc1C(F)(F)F)N1CCC(N2C(=O)COC2=O)CC1. The van der Waals surface area contributed by atoms with Crippen LogP contribution in [0.5, 0.6) is 0 Å². The molecular weight excluding hydrogens is 355 g/mol. The molecule has 0 spiro atoms. The van der Waals surface area contributed by atoms with Crippen molar-refractivity contribution in [1.82, 2.24) is 9.80 Å². The normalized spacial score (nSPS) is 18.9. The van der Waals surface area contributed by atoms with Gasteiger partial charge in [0.2, 0.25) is 0 Å². The van der Waals surface area contributed by atoms with Gasteiger partial charge in [0.15, 0.2) is 6.61 Å². The summed E-state index contributed by atoms with van der Waals surface area (Å²) < 4.78 is 43.6. The molecule has 0 aliphatic carbocycles. The van der Waals surface area contributed by atoms with Crippen molar-refractivity contribution in [3.63, 3.8) is 0 Å². The Morgan fingerprint density at radius 3 is 2.38 bits per heavy atom. The van der Waals surface area contributed by atoms with Crippen LogP contribution in [-0.2, 0) is 15.7 Å². The van der Waals surface area contributed by atoms with Gasteiger partial charge in [0, 0.05) is 19.1 Å². The summed E-state index contributed by atoms with van der Waals surface area (Å²) in [7, 11) is 0. The maximum absolute atomic E-state index is 13.0. The highest BCUT2D eigenvalue weighted by Gasteiger charge is 2.39. The molecule has 1 N–H and O–H groups in total. The first-order chi connectivity index (χ1) is 12.3. The number of benzene rings is 1. The number of cyclic esters (lactones) is 1. The lowest BCUT2D eigenvalue weighted by Crippen LogP contribution is -2.49. The smallest absolute Gasteiger partial charge is 0.418 e. The second-order valence-corrected chi connectivity index (χ2v) is 6.01. The summed E-state index contributed by atoms with van der Waals surface area (Å²) in [5.74, 6) is -0.419. The highest BCUT2D eigenvalue weighted by Crippen LogP contribution is 2.34. The van der Waals surface area contributed by atoms with E-state index in [9.17, 15) is 27.6 Å². The summed E-state index contributed by atoms with van der Waals surface area (Å²) in [5.41, 5.74) is -1.24. The minimum atomic E-state index is -4.58. The lowest BCUT2D eigenvalue weighted by atomic mass is 10.0. The van der Waals surface area contributed by atoms with E-state index in [0.29, 0.717) is 12.8 Å². The Kier molecular flexibility index (Phi) is 4.75. The van der Waals surface area contributed by atoms with Gasteiger partial charge in [-0.15, -0.1) is 0 Å². The fourth-order valence-electron chi connectivity index (χ4n) is 3.08. The molecule has 26 heavy (non-hydrogen) atoms. The fourth-order valence-corrected chi connectivity index (χ4v) is 3.08. The van der Waals surface area contributed by atoms with Crippen molar-refractivity contribution in [2.24, 2.45) is 0 Å². The van der Waals surface area contributed by atoms with Gasteiger partial charge in [-0.25, -0.2) is 14.5 Å². The van der Waals surface area contributed by atoms with Crippen molar-refractivity contribution in [3.05, 3.63) is 29.8 Å². The van der Waals surface area contributed by atoms with Gasteiger partial charge >= 0.3 is 18.3 Å². The first kappa shape index (κ1) is 18.0. The first-order valence-corrected chi connectivity index (χ1v) is 7.98. The molecule has 140 valence electrons. The van der Waals surface area contributed by atoms with E-state index in [1.807, 2.05) is 0 Å². The molecule has 1 aromatic rings. The zero-order valence-electron chi connectivity index (χ0n) is 13.6. The number of para-hydroxylation sites is 1. The fraction of sp³-hybridized carbons (Fsp3) is 0.438. The molecule has 0 bridgehead atoms. The number of halogens is 3. The number of carbonyl (C=O) groups is 3. The molecule has 0 unspecified atom stereocenters. The van der Waals surface area contributed by atoms with Gasteiger partial charge in [0.25, 0.3) is 5.91 Å². The average molecular weight is 371 g/mol. The number of anilines is 1. The number of hydrogen-bond acceptors (Lipinski definition) is 4. The minimum absolute atomic E-state index is 0.210. The predicted molar refractivity (Wildman–Crippen MR) is 83.3 cm³/mol. The Hall–Kier alpha value is -2.78. The summed E-state index contributed by atoms with van der Waals surface area (Å²) >= 11 is 0. The first-order valence-electron chi connectivity index (χ1n) is 7.98. The van der Waals surface area contributed by atoms with E-state index >= 15 is 0 Å². The van der Waals surface area contributed by atoms with Gasteiger partial charge in [-0.2, -0.15) is 13.2 Å². The number of amides is 4. The highest BCUT2D eigenvalue weighted by molar-refractivity contribution is 5.98. The molecule has 7 nitrogen and oxygen atoms in total.